The van der Waals surface area contributed by atoms with Crippen LogP contribution in [0.25, 0.3) is 0 Å². The molecule has 0 amide bonds. The standard InChI is InChI=1S/C16H24O6/c1-9(2)10-3-5-11(6-4-10)16-21-13(8-18)14(20)15(22-16)12(19)7-17/h3-6,9,12-20H,7-8H2,1-2H3/t12-,13+,14-,15?,16?/m1/s1. The van der Waals surface area contributed by atoms with Crippen LogP contribution >= 0.6 is 0 Å². The molecule has 22 heavy (non-hydrogen) atoms. The first-order chi connectivity index (χ1) is 10.5. The van der Waals surface area contributed by atoms with Gasteiger partial charge in [-0.3, -0.25) is 0 Å². The second-order valence-electron chi connectivity index (χ2n) is 5.85. The predicted octanol–water partition coefficient (Wildman–Crippen LogP) is 0.299. The number of hydrogen-bond acceptors (Lipinski definition) is 6. The fourth-order valence-electron chi connectivity index (χ4n) is 2.47. The summed E-state index contributed by atoms with van der Waals surface area (Å²) >= 11 is 0. The molecule has 6 nitrogen and oxygen atoms in total. The molecule has 2 unspecified atom stereocenters. The Morgan fingerprint density at radius 2 is 1.73 bits per heavy atom. The number of aliphatic hydroxyl groups excluding tert-OH is 4. The van der Waals surface area contributed by atoms with Crippen LogP contribution in [0, 0.1) is 0 Å². The van der Waals surface area contributed by atoms with Crippen LogP contribution in [0.3, 0.4) is 0 Å². The normalized spacial score (nSPS) is 30.5. The van der Waals surface area contributed by atoms with Crippen molar-refractivity contribution in [2.75, 3.05) is 13.2 Å². The van der Waals surface area contributed by atoms with Gasteiger partial charge in [-0.15, -0.1) is 0 Å². The van der Waals surface area contributed by atoms with E-state index in [2.05, 4.69) is 13.8 Å². The molecule has 4 N–H and O–H groups in total. The van der Waals surface area contributed by atoms with Crippen LogP contribution in [0.15, 0.2) is 24.3 Å². The Morgan fingerprint density at radius 1 is 1.09 bits per heavy atom. The van der Waals surface area contributed by atoms with E-state index >= 15 is 0 Å². The Balaban J connectivity index is 2.19. The second kappa shape index (κ2) is 7.50. The second-order valence-corrected chi connectivity index (χ2v) is 5.85. The van der Waals surface area contributed by atoms with E-state index in [0.717, 1.165) is 5.56 Å². The van der Waals surface area contributed by atoms with Crippen LogP contribution in [-0.2, 0) is 9.47 Å². The lowest BCUT2D eigenvalue weighted by Crippen LogP contribution is -2.54. The van der Waals surface area contributed by atoms with Crippen molar-refractivity contribution >= 4 is 0 Å². The molecule has 5 atom stereocenters. The van der Waals surface area contributed by atoms with Crippen LogP contribution in [0.5, 0.6) is 0 Å². The van der Waals surface area contributed by atoms with Crippen molar-refractivity contribution in [3.8, 4) is 0 Å². The van der Waals surface area contributed by atoms with Gasteiger partial charge in [-0.1, -0.05) is 38.1 Å². The van der Waals surface area contributed by atoms with Crippen molar-refractivity contribution in [2.24, 2.45) is 0 Å². The van der Waals surface area contributed by atoms with Crippen molar-refractivity contribution in [3.63, 3.8) is 0 Å². The van der Waals surface area contributed by atoms with E-state index in [0.29, 0.717) is 5.92 Å². The summed E-state index contributed by atoms with van der Waals surface area (Å²) in [6.07, 6.45) is -5.17. The first-order valence-corrected chi connectivity index (χ1v) is 7.46. The summed E-state index contributed by atoms with van der Waals surface area (Å²) in [5, 5.41) is 38.2. The zero-order valence-electron chi connectivity index (χ0n) is 12.8. The van der Waals surface area contributed by atoms with Crippen LogP contribution < -0.4 is 0 Å². The van der Waals surface area contributed by atoms with E-state index in [9.17, 15) is 15.3 Å². The molecule has 0 spiro atoms. The monoisotopic (exact) mass is 312 g/mol. The highest BCUT2D eigenvalue weighted by Crippen LogP contribution is 2.32. The van der Waals surface area contributed by atoms with E-state index in [1.54, 1.807) is 0 Å². The van der Waals surface area contributed by atoms with Crippen molar-refractivity contribution in [2.45, 2.75) is 50.5 Å². The molecule has 0 aliphatic carbocycles. The van der Waals surface area contributed by atoms with Crippen molar-refractivity contribution < 1.29 is 29.9 Å². The Bertz CT molecular complexity index is 460. The molecular weight excluding hydrogens is 288 g/mol. The minimum absolute atomic E-state index is 0.401. The Hall–Kier alpha value is -1.02. The summed E-state index contributed by atoms with van der Waals surface area (Å²) in [6.45, 7) is 3.24. The fourth-order valence-corrected chi connectivity index (χ4v) is 2.47. The van der Waals surface area contributed by atoms with E-state index in [4.69, 9.17) is 14.6 Å². The predicted molar refractivity (Wildman–Crippen MR) is 79.2 cm³/mol. The summed E-state index contributed by atoms with van der Waals surface area (Å²) < 4.78 is 11.1. The van der Waals surface area contributed by atoms with E-state index in [-0.39, 0.29) is 0 Å². The van der Waals surface area contributed by atoms with Gasteiger partial charge < -0.3 is 29.9 Å². The number of rotatable bonds is 5. The number of ether oxygens (including phenoxy) is 2. The van der Waals surface area contributed by atoms with Gasteiger partial charge in [-0.2, -0.15) is 0 Å². The summed E-state index contributed by atoms with van der Waals surface area (Å²) in [5.74, 6) is 0.401. The zero-order valence-corrected chi connectivity index (χ0v) is 12.8. The molecule has 124 valence electrons. The Kier molecular flexibility index (Phi) is 5.91. The molecule has 1 aliphatic rings. The van der Waals surface area contributed by atoms with Crippen molar-refractivity contribution in [1.29, 1.82) is 0 Å². The highest BCUT2D eigenvalue weighted by molar-refractivity contribution is 5.25. The van der Waals surface area contributed by atoms with Gasteiger partial charge in [0.15, 0.2) is 6.29 Å². The lowest BCUT2D eigenvalue weighted by atomic mass is 9.99. The molecule has 0 saturated carbocycles. The van der Waals surface area contributed by atoms with E-state index in [1.807, 2.05) is 24.3 Å². The smallest absolute Gasteiger partial charge is 0.184 e. The molecule has 0 aromatic heterocycles. The van der Waals surface area contributed by atoms with Gasteiger partial charge in [0.2, 0.25) is 0 Å². The van der Waals surface area contributed by atoms with Crippen molar-refractivity contribution in [1.82, 2.24) is 0 Å². The fraction of sp³-hybridized carbons (Fsp3) is 0.625. The van der Waals surface area contributed by atoms with E-state index < -0.39 is 43.9 Å². The third-order valence-corrected chi connectivity index (χ3v) is 3.92. The molecule has 1 aromatic rings. The van der Waals surface area contributed by atoms with E-state index in [1.165, 1.54) is 5.56 Å². The van der Waals surface area contributed by atoms with Gasteiger partial charge in [0.1, 0.15) is 24.4 Å². The lowest BCUT2D eigenvalue weighted by molar-refractivity contribution is -0.310. The molecule has 1 aromatic carbocycles. The molecule has 6 heteroatoms. The summed E-state index contributed by atoms with van der Waals surface area (Å²) in [4.78, 5) is 0. The van der Waals surface area contributed by atoms with Crippen LogP contribution in [0.1, 0.15) is 37.2 Å². The topological polar surface area (TPSA) is 99.4 Å². The van der Waals surface area contributed by atoms with Gasteiger partial charge in [0.25, 0.3) is 0 Å². The minimum atomic E-state index is -1.25. The van der Waals surface area contributed by atoms with Crippen LogP contribution in [0.4, 0.5) is 0 Å². The van der Waals surface area contributed by atoms with Gasteiger partial charge >= 0.3 is 0 Å². The third kappa shape index (κ3) is 3.65. The highest BCUT2D eigenvalue weighted by atomic mass is 16.7. The first kappa shape index (κ1) is 17.3. The van der Waals surface area contributed by atoms with Crippen molar-refractivity contribution in [3.05, 3.63) is 35.4 Å². The molecule has 1 fully saturated rings. The largest absolute Gasteiger partial charge is 0.394 e. The summed E-state index contributed by atoms with van der Waals surface area (Å²) in [6, 6.07) is 7.63. The van der Waals surface area contributed by atoms with Crippen LogP contribution in [0.2, 0.25) is 0 Å². The zero-order chi connectivity index (χ0) is 16.3. The Morgan fingerprint density at radius 3 is 2.23 bits per heavy atom. The maximum Gasteiger partial charge on any atom is 0.184 e. The number of hydrogen-bond donors (Lipinski definition) is 4. The lowest BCUT2D eigenvalue weighted by Gasteiger charge is -2.40. The van der Waals surface area contributed by atoms with Crippen LogP contribution in [-0.4, -0.2) is 58.1 Å². The number of aliphatic hydroxyl groups is 4. The average Bonchev–Trinajstić information content (AvgIpc) is 2.54. The van der Waals surface area contributed by atoms with Gasteiger partial charge in [0, 0.05) is 5.56 Å². The summed E-state index contributed by atoms with van der Waals surface area (Å²) in [7, 11) is 0. The molecular formula is C16H24O6. The average molecular weight is 312 g/mol. The first-order valence-electron chi connectivity index (χ1n) is 7.46. The maximum absolute atomic E-state index is 10.0. The third-order valence-electron chi connectivity index (χ3n) is 3.92. The molecule has 2 rings (SSSR count). The quantitative estimate of drug-likeness (QED) is 0.624. The van der Waals surface area contributed by atoms with Gasteiger partial charge in [0.05, 0.1) is 13.2 Å². The number of benzene rings is 1. The molecule has 1 aliphatic heterocycles. The SMILES string of the molecule is CC(C)c1ccc(C2OC([C@H](O)CO)[C@H](O)[C@H](CO)O2)cc1. The highest BCUT2D eigenvalue weighted by Gasteiger charge is 2.42. The van der Waals surface area contributed by atoms with Gasteiger partial charge in [-0.05, 0) is 11.5 Å². The maximum atomic E-state index is 10.0. The molecule has 0 radical (unpaired) electrons. The minimum Gasteiger partial charge on any atom is -0.394 e. The molecule has 0 bridgehead atoms. The molecule has 1 saturated heterocycles. The van der Waals surface area contributed by atoms with Gasteiger partial charge in [-0.25, -0.2) is 0 Å². The Labute approximate surface area is 129 Å². The molecule has 1 heterocycles. The summed E-state index contributed by atoms with van der Waals surface area (Å²) in [5.41, 5.74) is 1.90.